The molecule has 0 fully saturated rings. The fourth-order valence-electron chi connectivity index (χ4n) is 1.60. The Kier molecular flexibility index (Phi) is 5.92. The Labute approximate surface area is 117 Å². The molecule has 0 aliphatic heterocycles. The van der Waals surface area contributed by atoms with E-state index in [-0.39, 0.29) is 12.1 Å². The van der Waals surface area contributed by atoms with Gasteiger partial charge in [0.25, 0.3) is 5.56 Å². The van der Waals surface area contributed by atoms with Gasteiger partial charge in [0.05, 0.1) is 25.0 Å². The summed E-state index contributed by atoms with van der Waals surface area (Å²) in [5.74, 6) is -1.04. The quantitative estimate of drug-likeness (QED) is 0.726. The zero-order chi connectivity index (χ0) is 15.1. The number of nitrogens with zero attached hydrogens (tertiary/aromatic N) is 3. The average Bonchev–Trinajstić information content (AvgIpc) is 2.37. The van der Waals surface area contributed by atoms with E-state index in [0.29, 0.717) is 24.4 Å². The third kappa shape index (κ3) is 4.85. The molecule has 7 heteroatoms. The maximum absolute atomic E-state index is 11.9. The Hall–Kier alpha value is -2.15. The van der Waals surface area contributed by atoms with E-state index in [1.807, 2.05) is 11.9 Å². The Balaban J connectivity index is 2.83. The smallest absolute Gasteiger partial charge is 0.328 e. The van der Waals surface area contributed by atoms with E-state index in [4.69, 9.17) is 9.84 Å². The molecule has 0 saturated carbocycles. The second-order valence-corrected chi connectivity index (χ2v) is 4.45. The molecule has 20 heavy (non-hydrogen) atoms. The molecule has 1 aromatic heterocycles. The van der Waals surface area contributed by atoms with Crippen molar-refractivity contribution in [3.05, 3.63) is 34.3 Å². The molecule has 0 saturated heterocycles. The Morgan fingerprint density at radius 2 is 2.30 bits per heavy atom. The number of carboxylic acids is 1. The van der Waals surface area contributed by atoms with Gasteiger partial charge in [-0.2, -0.15) is 5.10 Å². The number of rotatable bonds is 7. The lowest BCUT2D eigenvalue weighted by molar-refractivity contribution is -0.131. The van der Waals surface area contributed by atoms with Crippen molar-refractivity contribution >= 4 is 11.7 Å². The highest BCUT2D eigenvalue weighted by atomic mass is 16.5. The molecule has 1 heterocycles. The summed E-state index contributed by atoms with van der Waals surface area (Å²) in [5, 5.41) is 12.7. The molecule has 110 valence electrons. The van der Waals surface area contributed by atoms with Crippen molar-refractivity contribution in [2.45, 2.75) is 13.5 Å². The van der Waals surface area contributed by atoms with Crippen LogP contribution >= 0.6 is 0 Å². The largest absolute Gasteiger partial charge is 0.478 e. The number of likely N-dealkylation sites (N-methyl/N-ethyl adjacent to an activating group) is 1. The standard InChI is InChI=1S/C13H19N3O4/c1-10(6-13(18)19)9-16-12(17)7-11(8-14-16)15(2)4-5-20-3/h6-8H,4-5,9H2,1-3H3,(H,18,19). The highest BCUT2D eigenvalue weighted by molar-refractivity contribution is 5.80. The second-order valence-electron chi connectivity index (χ2n) is 4.45. The summed E-state index contributed by atoms with van der Waals surface area (Å²) in [6.07, 6.45) is 2.64. The van der Waals surface area contributed by atoms with Crippen LogP contribution in [0.25, 0.3) is 0 Å². The minimum Gasteiger partial charge on any atom is -0.478 e. The number of hydrogen-bond donors (Lipinski definition) is 1. The van der Waals surface area contributed by atoms with Crippen molar-refractivity contribution in [1.29, 1.82) is 0 Å². The fraction of sp³-hybridized carbons (Fsp3) is 0.462. The van der Waals surface area contributed by atoms with Gasteiger partial charge in [-0.25, -0.2) is 9.48 Å². The fourth-order valence-corrected chi connectivity index (χ4v) is 1.60. The molecule has 0 aliphatic rings. The minimum atomic E-state index is -1.04. The van der Waals surface area contributed by atoms with Crippen molar-refractivity contribution in [3.63, 3.8) is 0 Å². The molecule has 0 amide bonds. The molecule has 7 nitrogen and oxygen atoms in total. The van der Waals surface area contributed by atoms with Crippen LogP contribution in [0.1, 0.15) is 6.92 Å². The summed E-state index contributed by atoms with van der Waals surface area (Å²) in [5.41, 5.74) is 0.973. The van der Waals surface area contributed by atoms with Crippen molar-refractivity contribution in [1.82, 2.24) is 9.78 Å². The number of carboxylic acid groups (broad SMARTS) is 1. The molecule has 0 unspecified atom stereocenters. The predicted octanol–water partition coefficient (Wildman–Crippen LogP) is 0.357. The van der Waals surface area contributed by atoms with Crippen LogP contribution in [0, 0.1) is 0 Å². The van der Waals surface area contributed by atoms with Crippen LogP contribution in [-0.4, -0.2) is 48.2 Å². The third-order valence-corrected chi connectivity index (χ3v) is 2.70. The lowest BCUT2D eigenvalue weighted by Gasteiger charge is -2.18. The molecular weight excluding hydrogens is 262 g/mol. The maximum Gasteiger partial charge on any atom is 0.328 e. The second kappa shape index (κ2) is 7.44. The van der Waals surface area contributed by atoms with Gasteiger partial charge in [0, 0.05) is 32.8 Å². The molecule has 0 aromatic carbocycles. The Bertz CT molecular complexity index is 551. The summed E-state index contributed by atoms with van der Waals surface area (Å²) in [6, 6.07) is 1.47. The molecule has 0 atom stereocenters. The first-order chi connectivity index (χ1) is 9.43. The highest BCUT2D eigenvalue weighted by Crippen LogP contribution is 2.06. The van der Waals surface area contributed by atoms with Crippen molar-refractivity contribution in [2.75, 3.05) is 32.2 Å². The maximum atomic E-state index is 11.9. The first-order valence-corrected chi connectivity index (χ1v) is 6.11. The Morgan fingerprint density at radius 3 is 2.85 bits per heavy atom. The molecule has 0 spiro atoms. The van der Waals surface area contributed by atoms with Crippen molar-refractivity contribution in [2.24, 2.45) is 0 Å². The monoisotopic (exact) mass is 281 g/mol. The van der Waals surface area contributed by atoms with Crippen molar-refractivity contribution in [3.8, 4) is 0 Å². The number of aromatic nitrogens is 2. The first-order valence-electron chi connectivity index (χ1n) is 6.11. The van der Waals surface area contributed by atoms with E-state index in [0.717, 1.165) is 6.08 Å². The van der Waals surface area contributed by atoms with Gasteiger partial charge in [-0.15, -0.1) is 0 Å². The summed E-state index contributed by atoms with van der Waals surface area (Å²) < 4.78 is 6.19. The number of ether oxygens (including phenoxy) is 1. The van der Waals surface area contributed by atoms with E-state index in [2.05, 4.69) is 5.10 Å². The number of anilines is 1. The lowest BCUT2D eigenvalue weighted by atomic mass is 10.3. The van der Waals surface area contributed by atoms with Crippen LogP contribution in [0.2, 0.25) is 0 Å². The highest BCUT2D eigenvalue weighted by Gasteiger charge is 2.05. The average molecular weight is 281 g/mol. The van der Waals surface area contributed by atoms with Crippen LogP contribution in [0.5, 0.6) is 0 Å². The normalized spacial score (nSPS) is 11.4. The number of allylic oxidation sites excluding steroid dienone is 1. The lowest BCUT2D eigenvalue weighted by Crippen LogP contribution is -2.27. The number of hydrogen-bond acceptors (Lipinski definition) is 5. The molecule has 0 radical (unpaired) electrons. The van der Waals surface area contributed by atoms with E-state index in [9.17, 15) is 9.59 Å². The zero-order valence-electron chi connectivity index (χ0n) is 11.9. The third-order valence-electron chi connectivity index (χ3n) is 2.70. The Morgan fingerprint density at radius 1 is 1.60 bits per heavy atom. The van der Waals surface area contributed by atoms with Crippen LogP contribution in [-0.2, 0) is 16.1 Å². The zero-order valence-corrected chi connectivity index (χ0v) is 11.9. The van der Waals surface area contributed by atoms with Gasteiger partial charge >= 0.3 is 5.97 Å². The van der Waals surface area contributed by atoms with E-state index in [1.165, 1.54) is 10.7 Å². The van der Waals surface area contributed by atoms with Gasteiger partial charge in [0.1, 0.15) is 0 Å². The molecular formula is C13H19N3O4. The minimum absolute atomic E-state index is 0.160. The number of aliphatic carboxylic acids is 1. The molecule has 1 rings (SSSR count). The summed E-state index contributed by atoms with van der Waals surface area (Å²) in [7, 11) is 3.46. The van der Waals surface area contributed by atoms with Gasteiger partial charge in [-0.05, 0) is 12.5 Å². The van der Waals surface area contributed by atoms with Crippen LogP contribution < -0.4 is 10.5 Å². The van der Waals surface area contributed by atoms with E-state index >= 15 is 0 Å². The van der Waals surface area contributed by atoms with Crippen LogP contribution in [0.4, 0.5) is 5.69 Å². The number of methoxy groups -OCH3 is 1. The van der Waals surface area contributed by atoms with Gasteiger partial charge in [-0.1, -0.05) is 0 Å². The van der Waals surface area contributed by atoms with Crippen LogP contribution in [0.15, 0.2) is 28.7 Å². The van der Waals surface area contributed by atoms with Gasteiger partial charge in [-0.3, -0.25) is 4.79 Å². The summed E-state index contributed by atoms with van der Waals surface area (Å²) in [4.78, 5) is 24.3. The molecule has 1 aromatic rings. The predicted molar refractivity (Wildman–Crippen MR) is 75.0 cm³/mol. The van der Waals surface area contributed by atoms with Crippen LogP contribution in [0.3, 0.4) is 0 Å². The first kappa shape index (κ1) is 15.9. The molecule has 0 bridgehead atoms. The summed E-state index contributed by atoms with van der Waals surface area (Å²) in [6.45, 7) is 3.01. The SMILES string of the molecule is COCCN(C)c1cnn(CC(C)=CC(=O)O)c(=O)c1. The molecule has 1 N–H and O–H groups in total. The van der Waals surface area contributed by atoms with Crippen molar-refractivity contribution < 1.29 is 14.6 Å². The van der Waals surface area contributed by atoms with E-state index in [1.54, 1.807) is 20.2 Å². The number of carbonyl (C=O) groups is 1. The van der Waals surface area contributed by atoms with E-state index < -0.39 is 5.97 Å². The topological polar surface area (TPSA) is 84.7 Å². The van der Waals surface area contributed by atoms with Gasteiger partial charge in [0.2, 0.25) is 0 Å². The summed E-state index contributed by atoms with van der Waals surface area (Å²) >= 11 is 0. The molecule has 0 aliphatic carbocycles. The van der Waals surface area contributed by atoms with Gasteiger partial charge in [0.15, 0.2) is 0 Å². The van der Waals surface area contributed by atoms with Gasteiger partial charge < -0.3 is 14.7 Å².